The fraction of sp³-hybridized carbons (Fsp3) is 0.476. The minimum Gasteiger partial charge on any atom is -0.464 e. The van der Waals surface area contributed by atoms with E-state index in [0.29, 0.717) is 18.5 Å². The number of piperidine rings is 2. The van der Waals surface area contributed by atoms with Gasteiger partial charge in [0, 0.05) is 56.4 Å². The lowest BCUT2D eigenvalue weighted by Crippen LogP contribution is -2.52. The van der Waals surface area contributed by atoms with Crippen LogP contribution in [0.15, 0.2) is 47.1 Å². The highest BCUT2D eigenvalue weighted by atomic mass is 16.3. The molecule has 2 aliphatic rings. The second-order valence-corrected chi connectivity index (χ2v) is 7.46. The molecule has 0 spiro atoms. The monoisotopic (exact) mass is 353 g/mol. The Morgan fingerprint density at radius 1 is 1.04 bits per heavy atom. The van der Waals surface area contributed by atoms with E-state index in [1.807, 2.05) is 24.1 Å². The summed E-state index contributed by atoms with van der Waals surface area (Å²) in [6.07, 6.45) is 5.65. The fourth-order valence-electron chi connectivity index (χ4n) is 4.07. The lowest BCUT2D eigenvalue weighted by atomic mass is 9.99. The Kier molecular flexibility index (Phi) is 4.98. The van der Waals surface area contributed by atoms with Gasteiger partial charge in [-0.1, -0.05) is 0 Å². The summed E-state index contributed by atoms with van der Waals surface area (Å²) in [4.78, 5) is 15.9. The zero-order valence-corrected chi connectivity index (χ0v) is 15.4. The number of furan rings is 1. The molecular weight excluding hydrogens is 326 g/mol. The molecule has 3 heterocycles. The molecule has 2 fully saturated rings. The van der Waals surface area contributed by atoms with Crippen molar-refractivity contribution in [1.82, 2.24) is 10.2 Å². The van der Waals surface area contributed by atoms with Crippen LogP contribution in [0.3, 0.4) is 0 Å². The van der Waals surface area contributed by atoms with Crippen molar-refractivity contribution in [1.29, 1.82) is 0 Å². The van der Waals surface area contributed by atoms with Gasteiger partial charge in [0.25, 0.3) is 0 Å². The van der Waals surface area contributed by atoms with Gasteiger partial charge >= 0.3 is 0 Å². The zero-order chi connectivity index (χ0) is 17.9. The number of likely N-dealkylation sites (tertiary alicyclic amines) is 1. The van der Waals surface area contributed by atoms with E-state index < -0.39 is 0 Å². The number of benzene rings is 1. The molecule has 4 rings (SSSR count). The molecule has 1 aromatic carbocycles. The predicted molar refractivity (Wildman–Crippen MR) is 103 cm³/mol. The van der Waals surface area contributed by atoms with Crippen molar-refractivity contribution in [2.45, 2.75) is 37.8 Å². The molecule has 0 radical (unpaired) electrons. The third kappa shape index (κ3) is 3.78. The number of rotatable bonds is 4. The second kappa shape index (κ2) is 7.54. The van der Waals surface area contributed by atoms with E-state index in [4.69, 9.17) is 4.42 Å². The van der Waals surface area contributed by atoms with Crippen molar-refractivity contribution in [3.05, 3.63) is 42.7 Å². The summed E-state index contributed by atoms with van der Waals surface area (Å²) in [5.74, 6) is 1.19. The first-order valence-electron chi connectivity index (χ1n) is 9.58. The Morgan fingerprint density at radius 2 is 1.81 bits per heavy atom. The van der Waals surface area contributed by atoms with Gasteiger partial charge in [-0.25, -0.2) is 0 Å². The standard InChI is InChI=1S/C21H27N3O2/c1-23-15-18(6-9-21(23)25)22-17-10-12-24(13-11-17)19-7-4-16(5-8-19)20-3-2-14-26-20/h2-5,7-8,14,17-18,22H,6,9-13,15H2,1H3/t18-/m1/s1. The highest BCUT2D eigenvalue weighted by Crippen LogP contribution is 2.26. The molecule has 0 aliphatic carbocycles. The minimum atomic E-state index is 0.274. The van der Waals surface area contributed by atoms with Crippen molar-refractivity contribution in [3.8, 4) is 11.3 Å². The summed E-state index contributed by atoms with van der Waals surface area (Å²) in [5, 5.41) is 3.78. The molecule has 1 aromatic heterocycles. The van der Waals surface area contributed by atoms with E-state index in [-0.39, 0.29) is 5.91 Å². The average molecular weight is 353 g/mol. The number of nitrogens with zero attached hydrogens (tertiary/aromatic N) is 2. The Hall–Kier alpha value is -2.27. The number of amides is 1. The molecular formula is C21H27N3O2. The Morgan fingerprint density at radius 3 is 2.46 bits per heavy atom. The zero-order valence-electron chi connectivity index (χ0n) is 15.4. The number of hydrogen-bond acceptors (Lipinski definition) is 4. The maximum atomic E-state index is 11.6. The van der Waals surface area contributed by atoms with Gasteiger partial charge in [-0.2, -0.15) is 0 Å². The number of anilines is 1. The lowest BCUT2D eigenvalue weighted by Gasteiger charge is -2.38. The van der Waals surface area contributed by atoms with Gasteiger partial charge in [-0.15, -0.1) is 0 Å². The van der Waals surface area contributed by atoms with Crippen molar-refractivity contribution in [3.63, 3.8) is 0 Å². The number of carbonyl (C=O) groups excluding carboxylic acids is 1. The first-order valence-corrected chi connectivity index (χ1v) is 9.58. The van der Waals surface area contributed by atoms with Crippen molar-refractivity contribution >= 4 is 11.6 Å². The molecule has 0 saturated carbocycles. The molecule has 1 N–H and O–H groups in total. The highest BCUT2D eigenvalue weighted by molar-refractivity contribution is 5.76. The normalized spacial score (nSPS) is 22.0. The van der Waals surface area contributed by atoms with Crippen LogP contribution in [0.4, 0.5) is 5.69 Å². The third-order valence-electron chi connectivity index (χ3n) is 5.63. The molecule has 5 nitrogen and oxygen atoms in total. The van der Waals surface area contributed by atoms with Gasteiger partial charge in [-0.05, 0) is 55.7 Å². The van der Waals surface area contributed by atoms with Crippen LogP contribution in [-0.2, 0) is 4.79 Å². The molecule has 0 bridgehead atoms. The Labute approximate surface area is 155 Å². The fourth-order valence-corrected chi connectivity index (χ4v) is 4.07. The minimum absolute atomic E-state index is 0.274. The SMILES string of the molecule is CN1C[C@H](NC2CCN(c3ccc(-c4ccco4)cc3)CC2)CCC1=O. The first kappa shape index (κ1) is 17.2. The van der Waals surface area contributed by atoms with E-state index in [2.05, 4.69) is 34.5 Å². The van der Waals surface area contributed by atoms with E-state index in [1.54, 1.807) is 6.26 Å². The topological polar surface area (TPSA) is 48.7 Å². The van der Waals surface area contributed by atoms with Crippen molar-refractivity contribution < 1.29 is 9.21 Å². The van der Waals surface area contributed by atoms with Crippen LogP contribution in [0.1, 0.15) is 25.7 Å². The molecule has 2 aliphatic heterocycles. The molecule has 0 unspecified atom stereocenters. The van der Waals surface area contributed by atoms with Crippen LogP contribution in [-0.4, -0.2) is 49.6 Å². The summed E-state index contributed by atoms with van der Waals surface area (Å²) in [6.45, 7) is 2.98. The van der Waals surface area contributed by atoms with Gasteiger partial charge < -0.3 is 19.5 Å². The summed E-state index contributed by atoms with van der Waals surface area (Å²) in [6, 6.07) is 13.5. The van der Waals surface area contributed by atoms with Gasteiger partial charge in [0.2, 0.25) is 5.91 Å². The quantitative estimate of drug-likeness (QED) is 0.917. The summed E-state index contributed by atoms with van der Waals surface area (Å²) >= 11 is 0. The third-order valence-corrected chi connectivity index (χ3v) is 5.63. The summed E-state index contributed by atoms with van der Waals surface area (Å²) in [5.41, 5.74) is 2.40. The molecule has 1 atom stereocenters. The van der Waals surface area contributed by atoms with Crippen molar-refractivity contribution in [2.75, 3.05) is 31.6 Å². The van der Waals surface area contributed by atoms with E-state index >= 15 is 0 Å². The second-order valence-electron chi connectivity index (χ2n) is 7.46. The molecule has 1 amide bonds. The van der Waals surface area contributed by atoms with E-state index in [1.165, 1.54) is 5.69 Å². The highest BCUT2D eigenvalue weighted by Gasteiger charge is 2.26. The van der Waals surface area contributed by atoms with Crippen LogP contribution in [0.5, 0.6) is 0 Å². The van der Waals surface area contributed by atoms with E-state index in [0.717, 1.165) is 50.2 Å². The molecule has 138 valence electrons. The largest absolute Gasteiger partial charge is 0.464 e. The maximum Gasteiger partial charge on any atom is 0.222 e. The smallest absolute Gasteiger partial charge is 0.222 e. The van der Waals surface area contributed by atoms with Gasteiger partial charge in [-0.3, -0.25) is 4.79 Å². The number of likely N-dealkylation sites (N-methyl/N-ethyl adjacent to an activating group) is 1. The van der Waals surface area contributed by atoms with Gasteiger partial charge in [0.1, 0.15) is 5.76 Å². The maximum absolute atomic E-state index is 11.6. The van der Waals surface area contributed by atoms with Crippen molar-refractivity contribution in [2.24, 2.45) is 0 Å². The average Bonchev–Trinajstić information content (AvgIpc) is 3.20. The lowest BCUT2D eigenvalue weighted by molar-refractivity contribution is -0.132. The van der Waals surface area contributed by atoms with Crippen LogP contribution >= 0.6 is 0 Å². The first-order chi connectivity index (χ1) is 12.7. The van der Waals surface area contributed by atoms with Gasteiger partial charge in [0.15, 0.2) is 0 Å². The van der Waals surface area contributed by atoms with Crippen LogP contribution < -0.4 is 10.2 Å². The molecule has 2 saturated heterocycles. The Bertz CT molecular complexity index is 718. The number of hydrogen-bond donors (Lipinski definition) is 1. The van der Waals surface area contributed by atoms with Crippen LogP contribution in [0.2, 0.25) is 0 Å². The van der Waals surface area contributed by atoms with Gasteiger partial charge in [0.05, 0.1) is 6.26 Å². The molecule has 26 heavy (non-hydrogen) atoms. The summed E-state index contributed by atoms with van der Waals surface area (Å²) < 4.78 is 5.46. The molecule has 5 heteroatoms. The van der Waals surface area contributed by atoms with E-state index in [9.17, 15) is 4.79 Å². The van der Waals surface area contributed by atoms with Crippen LogP contribution in [0, 0.1) is 0 Å². The summed E-state index contributed by atoms with van der Waals surface area (Å²) in [7, 11) is 1.91. The number of nitrogens with one attached hydrogen (secondary N) is 1. The van der Waals surface area contributed by atoms with Crippen LogP contribution in [0.25, 0.3) is 11.3 Å². The number of carbonyl (C=O) groups is 1. The molecule has 2 aromatic rings. The predicted octanol–water partition coefficient (Wildman–Crippen LogP) is 3.13. The Balaban J connectivity index is 1.29.